The van der Waals surface area contributed by atoms with Gasteiger partial charge < -0.3 is 10.5 Å². The molecular weight excluding hydrogens is 248 g/mol. The van der Waals surface area contributed by atoms with Crippen LogP contribution in [0.25, 0.3) is 10.8 Å². The smallest absolute Gasteiger partial charge is 0.0815 e. The van der Waals surface area contributed by atoms with E-state index < -0.39 is 0 Å². The molecular formula is C17H24N2O. The van der Waals surface area contributed by atoms with E-state index in [1.807, 2.05) is 31.5 Å². The summed E-state index contributed by atoms with van der Waals surface area (Å²) >= 11 is 0. The summed E-state index contributed by atoms with van der Waals surface area (Å²) in [4.78, 5) is 4.17. The Morgan fingerprint density at radius 3 is 2.65 bits per heavy atom. The van der Waals surface area contributed by atoms with Crippen LogP contribution in [0.5, 0.6) is 0 Å². The summed E-state index contributed by atoms with van der Waals surface area (Å²) in [6, 6.07) is 8.05. The van der Waals surface area contributed by atoms with Gasteiger partial charge in [-0.25, -0.2) is 0 Å². The number of ether oxygens (including phenoxy) is 1. The lowest BCUT2D eigenvalue weighted by Crippen LogP contribution is -2.39. The average molecular weight is 272 g/mol. The van der Waals surface area contributed by atoms with Crippen LogP contribution in [0.3, 0.4) is 0 Å². The molecule has 2 rings (SSSR count). The number of pyridine rings is 1. The molecule has 2 N–H and O–H groups in total. The molecule has 1 heterocycles. The lowest BCUT2D eigenvalue weighted by Gasteiger charge is -2.35. The molecule has 3 heteroatoms. The first kappa shape index (κ1) is 14.9. The lowest BCUT2D eigenvalue weighted by molar-refractivity contribution is -0.0280. The maximum absolute atomic E-state index is 6.53. The summed E-state index contributed by atoms with van der Waals surface area (Å²) in [6.45, 7) is 9.18. The van der Waals surface area contributed by atoms with Crippen LogP contribution in [0.2, 0.25) is 0 Å². The fraction of sp³-hybridized carbons (Fsp3) is 0.471. The molecule has 0 aliphatic rings. The van der Waals surface area contributed by atoms with Crippen molar-refractivity contribution in [2.45, 2.75) is 39.8 Å². The van der Waals surface area contributed by atoms with Crippen LogP contribution in [0.1, 0.15) is 39.3 Å². The molecule has 0 fully saturated rings. The van der Waals surface area contributed by atoms with Crippen LogP contribution < -0.4 is 5.73 Å². The largest absolute Gasteiger partial charge is 0.376 e. The molecule has 1 aromatic heterocycles. The van der Waals surface area contributed by atoms with Crippen molar-refractivity contribution < 1.29 is 4.74 Å². The van der Waals surface area contributed by atoms with Crippen LogP contribution in [-0.2, 0) is 4.74 Å². The lowest BCUT2D eigenvalue weighted by atomic mass is 9.81. The number of nitrogens with two attached hydrogens (primary N) is 1. The Hall–Kier alpha value is -1.45. The maximum Gasteiger partial charge on any atom is 0.0815 e. The second-order valence-corrected chi connectivity index (χ2v) is 6.21. The van der Waals surface area contributed by atoms with Gasteiger partial charge in [0.15, 0.2) is 0 Å². The first-order valence-electron chi connectivity index (χ1n) is 7.15. The van der Waals surface area contributed by atoms with E-state index in [0.717, 1.165) is 16.3 Å². The van der Waals surface area contributed by atoms with Crippen molar-refractivity contribution in [3.63, 3.8) is 0 Å². The van der Waals surface area contributed by atoms with Crippen molar-refractivity contribution in [1.82, 2.24) is 4.98 Å². The molecule has 108 valence electrons. The minimum absolute atomic E-state index is 0.00930. The van der Waals surface area contributed by atoms with Gasteiger partial charge in [-0.3, -0.25) is 4.98 Å². The topological polar surface area (TPSA) is 48.1 Å². The van der Waals surface area contributed by atoms with Crippen molar-refractivity contribution in [3.8, 4) is 0 Å². The highest BCUT2D eigenvalue weighted by Crippen LogP contribution is 2.34. The number of benzene rings is 1. The predicted octanol–water partition coefficient (Wildman–Crippen LogP) is 3.69. The van der Waals surface area contributed by atoms with E-state index in [1.54, 1.807) is 0 Å². The van der Waals surface area contributed by atoms with Gasteiger partial charge in [0, 0.05) is 24.4 Å². The van der Waals surface area contributed by atoms with E-state index in [-0.39, 0.29) is 17.6 Å². The van der Waals surface area contributed by atoms with Gasteiger partial charge in [-0.15, -0.1) is 0 Å². The zero-order chi connectivity index (χ0) is 14.8. The summed E-state index contributed by atoms with van der Waals surface area (Å²) in [5.74, 6) is 0. The third kappa shape index (κ3) is 3.00. The molecule has 0 aliphatic heterocycles. The normalized spacial score (nSPS) is 15.2. The van der Waals surface area contributed by atoms with Gasteiger partial charge in [0.1, 0.15) is 0 Å². The second-order valence-electron chi connectivity index (χ2n) is 6.21. The number of rotatable bonds is 4. The second kappa shape index (κ2) is 5.90. The number of aromatic nitrogens is 1. The molecule has 2 atom stereocenters. The third-order valence-corrected chi connectivity index (χ3v) is 3.60. The molecule has 1 aromatic carbocycles. The number of nitrogens with zero attached hydrogens (tertiary/aromatic N) is 1. The Morgan fingerprint density at radius 2 is 2.00 bits per heavy atom. The van der Waals surface area contributed by atoms with Crippen LogP contribution in [0, 0.1) is 5.41 Å². The number of hydrogen-bond donors (Lipinski definition) is 1. The highest BCUT2D eigenvalue weighted by Gasteiger charge is 2.32. The average Bonchev–Trinajstić information content (AvgIpc) is 2.42. The van der Waals surface area contributed by atoms with Gasteiger partial charge in [0.2, 0.25) is 0 Å². The third-order valence-electron chi connectivity index (χ3n) is 3.60. The number of hydrogen-bond acceptors (Lipinski definition) is 3. The zero-order valence-corrected chi connectivity index (χ0v) is 12.8. The highest BCUT2D eigenvalue weighted by atomic mass is 16.5. The Balaban J connectivity index is 2.46. The summed E-state index contributed by atoms with van der Waals surface area (Å²) in [7, 11) is 0. The van der Waals surface area contributed by atoms with Gasteiger partial charge >= 0.3 is 0 Å². The standard InChI is InChI=1S/C17H24N2O/c1-5-20-16(17(2,3)4)15(18)14-8-6-7-12-11-19-10-9-13(12)14/h6-11,15-16H,5,18H2,1-4H3. The quantitative estimate of drug-likeness (QED) is 0.923. The van der Waals surface area contributed by atoms with Gasteiger partial charge in [-0.05, 0) is 29.4 Å². The minimum atomic E-state index is -0.152. The molecule has 0 saturated heterocycles. The molecule has 0 radical (unpaired) electrons. The molecule has 0 saturated carbocycles. The Morgan fingerprint density at radius 1 is 1.25 bits per heavy atom. The van der Waals surface area contributed by atoms with Crippen molar-refractivity contribution in [2.24, 2.45) is 11.1 Å². The van der Waals surface area contributed by atoms with Crippen LogP contribution in [0.15, 0.2) is 36.7 Å². The fourth-order valence-corrected chi connectivity index (χ4v) is 2.67. The zero-order valence-electron chi connectivity index (χ0n) is 12.8. The summed E-state index contributed by atoms with van der Waals surface area (Å²) in [6.07, 6.45) is 3.66. The SMILES string of the molecule is CCOC(C(N)c1cccc2cnccc12)C(C)(C)C. The molecule has 0 spiro atoms. The van der Waals surface area contributed by atoms with E-state index in [1.165, 1.54) is 0 Å². The van der Waals surface area contributed by atoms with E-state index in [4.69, 9.17) is 10.5 Å². The molecule has 0 aliphatic carbocycles. The van der Waals surface area contributed by atoms with E-state index in [9.17, 15) is 0 Å². The molecule has 3 nitrogen and oxygen atoms in total. The fourth-order valence-electron chi connectivity index (χ4n) is 2.67. The van der Waals surface area contributed by atoms with Gasteiger partial charge in [-0.2, -0.15) is 0 Å². The minimum Gasteiger partial charge on any atom is -0.376 e. The van der Waals surface area contributed by atoms with Crippen molar-refractivity contribution >= 4 is 10.8 Å². The van der Waals surface area contributed by atoms with E-state index in [2.05, 4.69) is 37.9 Å². The molecule has 2 aromatic rings. The van der Waals surface area contributed by atoms with Crippen LogP contribution in [-0.4, -0.2) is 17.7 Å². The predicted molar refractivity (Wildman–Crippen MR) is 83.5 cm³/mol. The first-order chi connectivity index (χ1) is 9.45. The Labute approximate surface area is 121 Å². The molecule has 0 bridgehead atoms. The van der Waals surface area contributed by atoms with E-state index in [0.29, 0.717) is 6.61 Å². The summed E-state index contributed by atoms with van der Waals surface area (Å²) < 4.78 is 5.93. The van der Waals surface area contributed by atoms with Crippen LogP contribution in [0.4, 0.5) is 0 Å². The van der Waals surface area contributed by atoms with Gasteiger partial charge in [0.25, 0.3) is 0 Å². The van der Waals surface area contributed by atoms with E-state index >= 15 is 0 Å². The first-order valence-corrected chi connectivity index (χ1v) is 7.15. The summed E-state index contributed by atoms with van der Waals surface area (Å²) in [5.41, 5.74) is 7.65. The van der Waals surface area contributed by atoms with Crippen LogP contribution >= 0.6 is 0 Å². The summed E-state index contributed by atoms with van der Waals surface area (Å²) in [5, 5.41) is 2.27. The monoisotopic (exact) mass is 272 g/mol. The van der Waals surface area contributed by atoms with Gasteiger partial charge in [-0.1, -0.05) is 39.0 Å². The van der Waals surface area contributed by atoms with Crippen molar-refractivity contribution in [1.29, 1.82) is 0 Å². The van der Waals surface area contributed by atoms with Crippen molar-refractivity contribution in [2.75, 3.05) is 6.61 Å². The van der Waals surface area contributed by atoms with Gasteiger partial charge in [0.05, 0.1) is 12.1 Å². The highest BCUT2D eigenvalue weighted by molar-refractivity contribution is 5.85. The molecule has 0 amide bonds. The Bertz CT molecular complexity index is 569. The molecule has 20 heavy (non-hydrogen) atoms. The van der Waals surface area contributed by atoms with Crippen molar-refractivity contribution in [3.05, 3.63) is 42.2 Å². The Kier molecular flexibility index (Phi) is 4.41. The molecule has 2 unspecified atom stereocenters. The number of fused-ring (bicyclic) bond motifs is 1. The maximum atomic E-state index is 6.53.